The van der Waals surface area contributed by atoms with E-state index in [0.29, 0.717) is 22.3 Å². The largest absolute Gasteiger partial charge is 0.609 e. The minimum Gasteiger partial charge on any atom is -0.609 e. The number of aromatic nitrogens is 3. The summed E-state index contributed by atoms with van der Waals surface area (Å²) in [6.45, 7) is 0.138. The normalized spacial score (nSPS) is 13.1. The number of fused-ring (bicyclic) bond motifs is 1. The highest BCUT2D eigenvalue weighted by Crippen LogP contribution is 2.27. The summed E-state index contributed by atoms with van der Waals surface area (Å²) in [4.78, 5) is 11.0. The first-order valence-electron chi connectivity index (χ1n) is 7.44. The van der Waals surface area contributed by atoms with E-state index in [1.807, 2.05) is 0 Å². The van der Waals surface area contributed by atoms with Crippen molar-refractivity contribution >= 4 is 22.2 Å². The molecule has 0 radical (unpaired) electrons. The molecule has 0 aliphatic heterocycles. The number of halogens is 3. The maximum Gasteiger partial charge on any atom is 0.422 e. The van der Waals surface area contributed by atoms with Gasteiger partial charge in [0.25, 0.3) is 0 Å². The predicted molar refractivity (Wildman–Crippen MR) is 88.4 cm³/mol. The Kier molecular flexibility index (Phi) is 4.97. The van der Waals surface area contributed by atoms with Gasteiger partial charge in [0.2, 0.25) is 0 Å². The van der Waals surface area contributed by atoms with Gasteiger partial charge in [-0.25, -0.2) is 0 Å². The van der Waals surface area contributed by atoms with Crippen molar-refractivity contribution in [2.45, 2.75) is 24.0 Å². The Morgan fingerprint density at radius 2 is 2.08 bits per heavy atom. The topological polar surface area (TPSA) is 94.1 Å². The van der Waals surface area contributed by atoms with E-state index in [4.69, 9.17) is 4.74 Å². The number of rotatable bonds is 5. The quantitative estimate of drug-likeness (QED) is 0.658. The molecule has 1 atom stereocenters. The molecule has 0 aliphatic rings. The number of nitrogens with zero attached hydrogens (tertiary/aromatic N) is 2. The van der Waals surface area contributed by atoms with Gasteiger partial charge in [-0.15, -0.1) is 0 Å². The zero-order valence-electron chi connectivity index (χ0n) is 13.5. The van der Waals surface area contributed by atoms with Crippen molar-refractivity contribution < 1.29 is 27.6 Å². The summed E-state index contributed by atoms with van der Waals surface area (Å²) in [5, 5.41) is 9.90. The summed E-state index contributed by atoms with van der Waals surface area (Å²) in [5.74, 6) is -0.0687. The van der Waals surface area contributed by atoms with Crippen molar-refractivity contribution in [3.8, 4) is 11.5 Å². The Labute approximate surface area is 149 Å². The minimum absolute atomic E-state index is 0.0339. The molecule has 0 saturated carbocycles. The van der Waals surface area contributed by atoms with E-state index in [9.17, 15) is 22.8 Å². The SMILES string of the molecule is Cc1c(OCC(F)(F)F)ccnc1C[S+]([O-])c1nc2c(O)cccc2[nH]1. The number of ether oxygens (including phenoxy) is 1. The van der Waals surface area contributed by atoms with Crippen molar-refractivity contribution in [1.82, 2.24) is 15.0 Å². The van der Waals surface area contributed by atoms with Crippen LogP contribution in [0.15, 0.2) is 35.6 Å². The maximum absolute atomic E-state index is 12.6. The summed E-state index contributed by atoms with van der Waals surface area (Å²) in [6, 6.07) is 6.09. The summed E-state index contributed by atoms with van der Waals surface area (Å²) < 4.78 is 54.3. The number of phenols is 1. The van der Waals surface area contributed by atoms with Gasteiger partial charge in [0.05, 0.1) is 11.2 Å². The predicted octanol–water partition coefficient (Wildman–Crippen LogP) is 3.22. The molecule has 2 aromatic heterocycles. The van der Waals surface area contributed by atoms with Crippen LogP contribution in [0.3, 0.4) is 0 Å². The first-order valence-corrected chi connectivity index (χ1v) is 8.76. The minimum atomic E-state index is -4.45. The van der Waals surface area contributed by atoms with E-state index in [1.54, 1.807) is 19.1 Å². The second-order valence-corrected chi connectivity index (χ2v) is 6.86. The average molecular weight is 385 g/mol. The fourth-order valence-electron chi connectivity index (χ4n) is 2.32. The zero-order valence-corrected chi connectivity index (χ0v) is 14.3. The third kappa shape index (κ3) is 4.02. The molecule has 0 saturated heterocycles. The zero-order chi connectivity index (χ0) is 18.9. The number of hydrogen-bond acceptors (Lipinski definition) is 5. The van der Waals surface area contributed by atoms with Crippen LogP contribution in [0.5, 0.6) is 11.5 Å². The second kappa shape index (κ2) is 7.04. The van der Waals surface area contributed by atoms with Crippen LogP contribution in [0.1, 0.15) is 11.3 Å². The molecular weight excluding hydrogens is 371 g/mol. The lowest BCUT2D eigenvalue weighted by Crippen LogP contribution is -2.20. The monoisotopic (exact) mass is 385 g/mol. The van der Waals surface area contributed by atoms with Crippen LogP contribution in [0.2, 0.25) is 0 Å². The summed E-state index contributed by atoms with van der Waals surface area (Å²) in [5.41, 5.74) is 1.54. The van der Waals surface area contributed by atoms with Gasteiger partial charge in [-0.2, -0.15) is 18.2 Å². The van der Waals surface area contributed by atoms with E-state index >= 15 is 0 Å². The Hall–Kier alpha value is -2.46. The molecule has 0 aliphatic carbocycles. The van der Waals surface area contributed by atoms with Crippen LogP contribution >= 0.6 is 0 Å². The lowest BCUT2D eigenvalue weighted by atomic mass is 10.2. The lowest BCUT2D eigenvalue weighted by Gasteiger charge is -2.14. The van der Waals surface area contributed by atoms with Crippen LogP contribution in [0.25, 0.3) is 11.0 Å². The highest BCUT2D eigenvalue weighted by Gasteiger charge is 2.29. The number of aromatic amines is 1. The second-order valence-electron chi connectivity index (χ2n) is 5.49. The molecule has 1 unspecified atom stereocenters. The Bertz CT molecular complexity index is 930. The number of nitrogens with one attached hydrogen (secondary N) is 1. The molecule has 2 N–H and O–H groups in total. The standard InChI is InChI=1S/C16H14F3N3O3S/c1-9-11(20-6-5-13(9)25-8-16(17,18)19)7-26(24)15-21-10-3-2-4-12(23)14(10)22-15/h2-6,23H,7-8H2,1H3,(H,21,22). The number of benzene rings is 1. The lowest BCUT2D eigenvalue weighted by molar-refractivity contribution is -0.153. The van der Waals surface area contributed by atoms with Crippen LogP contribution in [-0.2, 0) is 16.9 Å². The fourth-order valence-corrected chi connectivity index (χ4v) is 3.41. The summed E-state index contributed by atoms with van der Waals surface area (Å²) >= 11 is -1.63. The van der Waals surface area contributed by atoms with E-state index < -0.39 is 24.0 Å². The van der Waals surface area contributed by atoms with Gasteiger partial charge in [-0.3, -0.25) is 9.97 Å². The van der Waals surface area contributed by atoms with Crippen LogP contribution in [0, 0.1) is 6.92 Å². The first kappa shape index (κ1) is 18.3. The summed E-state index contributed by atoms with van der Waals surface area (Å²) in [6.07, 6.45) is -3.15. The molecule has 3 aromatic rings. The number of hydrogen-bond donors (Lipinski definition) is 2. The van der Waals surface area contributed by atoms with Gasteiger partial charge in [0.15, 0.2) is 12.4 Å². The number of pyridine rings is 1. The number of alkyl halides is 3. The van der Waals surface area contributed by atoms with Gasteiger partial charge in [0, 0.05) is 22.9 Å². The molecule has 1 aromatic carbocycles. The van der Waals surface area contributed by atoms with Crippen molar-refractivity contribution in [3.05, 3.63) is 41.7 Å². The Balaban J connectivity index is 1.80. The number of imidazole rings is 1. The van der Waals surface area contributed by atoms with E-state index in [2.05, 4.69) is 15.0 Å². The molecule has 0 amide bonds. The van der Waals surface area contributed by atoms with Crippen LogP contribution in [0.4, 0.5) is 13.2 Å². The number of phenolic OH excluding ortho intramolecular Hbond substituents is 1. The number of H-pyrrole nitrogens is 1. The van der Waals surface area contributed by atoms with E-state index in [1.165, 1.54) is 18.3 Å². The molecule has 0 fully saturated rings. The maximum atomic E-state index is 12.6. The van der Waals surface area contributed by atoms with Crippen molar-refractivity contribution in [3.63, 3.8) is 0 Å². The van der Waals surface area contributed by atoms with E-state index in [0.717, 1.165) is 0 Å². The fraction of sp³-hybridized carbons (Fsp3) is 0.250. The molecule has 6 nitrogen and oxygen atoms in total. The number of para-hydroxylation sites is 1. The highest BCUT2D eigenvalue weighted by molar-refractivity contribution is 7.90. The van der Waals surface area contributed by atoms with Crippen molar-refractivity contribution in [1.29, 1.82) is 0 Å². The Morgan fingerprint density at radius 1 is 1.31 bits per heavy atom. The molecule has 3 rings (SSSR count). The van der Waals surface area contributed by atoms with Crippen molar-refractivity contribution in [2.75, 3.05) is 6.61 Å². The highest BCUT2D eigenvalue weighted by atomic mass is 32.2. The number of aromatic hydroxyl groups is 1. The first-order chi connectivity index (χ1) is 12.2. The molecule has 2 heterocycles. The van der Waals surface area contributed by atoms with Crippen LogP contribution in [-0.4, -0.2) is 37.4 Å². The van der Waals surface area contributed by atoms with Crippen LogP contribution < -0.4 is 4.74 Å². The van der Waals surface area contributed by atoms with E-state index in [-0.39, 0.29) is 22.4 Å². The van der Waals surface area contributed by atoms with Gasteiger partial charge in [0.1, 0.15) is 17.0 Å². The van der Waals surface area contributed by atoms with Gasteiger partial charge < -0.3 is 14.4 Å². The smallest absolute Gasteiger partial charge is 0.422 e. The van der Waals surface area contributed by atoms with Crippen molar-refractivity contribution in [2.24, 2.45) is 0 Å². The molecule has 0 bridgehead atoms. The average Bonchev–Trinajstić information content (AvgIpc) is 3.00. The molecular formula is C16H14F3N3O3S. The molecule has 138 valence electrons. The van der Waals surface area contributed by atoms with Gasteiger partial charge in [-0.05, 0) is 25.1 Å². The molecule has 26 heavy (non-hydrogen) atoms. The third-order valence-corrected chi connectivity index (χ3v) is 4.76. The third-order valence-electron chi connectivity index (χ3n) is 3.60. The Morgan fingerprint density at radius 3 is 2.77 bits per heavy atom. The molecule has 0 spiro atoms. The van der Waals surface area contributed by atoms with Gasteiger partial charge >= 0.3 is 11.3 Å². The van der Waals surface area contributed by atoms with Gasteiger partial charge in [-0.1, -0.05) is 6.07 Å². The molecule has 10 heteroatoms. The summed E-state index contributed by atoms with van der Waals surface area (Å²) in [7, 11) is 0.